The summed E-state index contributed by atoms with van der Waals surface area (Å²) >= 11 is 6.89. The van der Waals surface area contributed by atoms with Crippen LogP contribution in [0.25, 0.3) is 0 Å². The lowest BCUT2D eigenvalue weighted by Crippen LogP contribution is -2.70. The molecule has 2 amide bonds. The third-order valence-corrected chi connectivity index (χ3v) is 7.08. The van der Waals surface area contributed by atoms with Gasteiger partial charge in [0.05, 0.1) is 28.4 Å². The molecule has 0 aliphatic heterocycles. The van der Waals surface area contributed by atoms with Crippen LogP contribution in [0.1, 0.15) is 41.8 Å². The molecule has 0 saturated heterocycles. The largest absolute Gasteiger partial charge is 0.484 e. The van der Waals surface area contributed by atoms with Crippen LogP contribution in [-0.4, -0.2) is 45.7 Å². The number of amides is 2. The highest BCUT2D eigenvalue weighted by Gasteiger charge is 2.55. The molecule has 0 spiro atoms. The van der Waals surface area contributed by atoms with Crippen molar-refractivity contribution in [1.29, 1.82) is 0 Å². The standard InChI is InChI=1S/C20H21ClFN3O4S/c21-13-2-1-12(7-14(13)22)29-10-17(27)24-19-3-5-20(6-4-19,16(26)8-19)25-18(28)15-9-23-11-30-15/h1-2,7,9,11,16,26H,3-6,8,10H2,(H,24,27)(H,25,28). The van der Waals surface area contributed by atoms with Crippen LogP contribution >= 0.6 is 22.9 Å². The third kappa shape index (κ3) is 4.14. The van der Waals surface area contributed by atoms with Crippen molar-refractivity contribution in [3.63, 3.8) is 0 Å². The van der Waals surface area contributed by atoms with Crippen molar-refractivity contribution in [2.75, 3.05) is 6.61 Å². The Morgan fingerprint density at radius 2 is 2.07 bits per heavy atom. The summed E-state index contributed by atoms with van der Waals surface area (Å²) in [5.41, 5.74) is 0.360. The molecule has 160 valence electrons. The lowest BCUT2D eigenvalue weighted by molar-refractivity contribution is -0.129. The van der Waals surface area contributed by atoms with E-state index >= 15 is 0 Å². The number of carbonyl (C=O) groups is 2. The Labute approximate surface area is 181 Å². The van der Waals surface area contributed by atoms with Gasteiger partial charge in [-0.25, -0.2) is 4.39 Å². The van der Waals surface area contributed by atoms with Gasteiger partial charge in [0.2, 0.25) is 0 Å². The highest BCUT2D eigenvalue weighted by Crippen LogP contribution is 2.47. The van der Waals surface area contributed by atoms with E-state index in [1.807, 2.05) is 0 Å². The molecule has 3 fully saturated rings. The highest BCUT2D eigenvalue weighted by atomic mass is 35.5. The molecule has 3 aliphatic rings. The zero-order chi connectivity index (χ0) is 21.4. The molecule has 3 saturated carbocycles. The maximum absolute atomic E-state index is 13.5. The van der Waals surface area contributed by atoms with Crippen molar-refractivity contribution in [2.45, 2.75) is 49.3 Å². The predicted molar refractivity (Wildman–Crippen MR) is 109 cm³/mol. The first-order valence-electron chi connectivity index (χ1n) is 9.59. The molecule has 2 bridgehead atoms. The minimum Gasteiger partial charge on any atom is -0.484 e. The Morgan fingerprint density at radius 1 is 1.30 bits per heavy atom. The number of benzene rings is 1. The maximum Gasteiger partial charge on any atom is 0.263 e. The Hall–Kier alpha value is -2.23. The molecule has 1 aromatic heterocycles. The average Bonchev–Trinajstić information content (AvgIpc) is 3.25. The summed E-state index contributed by atoms with van der Waals surface area (Å²) < 4.78 is 18.8. The minimum absolute atomic E-state index is 0.0185. The predicted octanol–water partition coefficient (Wildman–Crippen LogP) is 2.68. The van der Waals surface area contributed by atoms with Gasteiger partial charge in [0, 0.05) is 11.6 Å². The van der Waals surface area contributed by atoms with E-state index < -0.39 is 23.0 Å². The number of rotatable bonds is 6. The molecule has 1 heterocycles. The summed E-state index contributed by atoms with van der Waals surface area (Å²) in [5, 5.41) is 16.7. The lowest BCUT2D eigenvalue weighted by Gasteiger charge is -2.56. The van der Waals surface area contributed by atoms with E-state index in [4.69, 9.17) is 16.3 Å². The zero-order valence-corrected chi connectivity index (χ0v) is 17.6. The Kier molecular flexibility index (Phi) is 5.69. The van der Waals surface area contributed by atoms with Gasteiger partial charge < -0.3 is 20.5 Å². The van der Waals surface area contributed by atoms with Crippen LogP contribution < -0.4 is 15.4 Å². The summed E-state index contributed by atoms with van der Waals surface area (Å²) in [6.07, 6.45) is 3.46. The second-order valence-electron chi connectivity index (χ2n) is 7.89. The summed E-state index contributed by atoms with van der Waals surface area (Å²) in [6.45, 7) is -0.272. The number of fused-ring (bicyclic) bond motifs is 3. The van der Waals surface area contributed by atoms with Crippen LogP contribution in [0.4, 0.5) is 4.39 Å². The number of aliphatic hydroxyl groups is 1. The van der Waals surface area contributed by atoms with Crippen LogP contribution in [0.2, 0.25) is 5.02 Å². The quantitative estimate of drug-likeness (QED) is 0.624. The Balaban J connectivity index is 1.34. The molecular weight excluding hydrogens is 433 g/mol. The number of hydrogen-bond donors (Lipinski definition) is 3. The smallest absolute Gasteiger partial charge is 0.263 e. The van der Waals surface area contributed by atoms with Gasteiger partial charge in [-0.2, -0.15) is 0 Å². The van der Waals surface area contributed by atoms with Crippen molar-refractivity contribution in [1.82, 2.24) is 15.6 Å². The summed E-state index contributed by atoms with van der Waals surface area (Å²) in [6, 6.07) is 3.97. The molecule has 30 heavy (non-hydrogen) atoms. The second kappa shape index (κ2) is 8.13. The van der Waals surface area contributed by atoms with E-state index in [9.17, 15) is 19.1 Å². The van der Waals surface area contributed by atoms with E-state index in [2.05, 4.69) is 15.6 Å². The molecule has 3 N–H and O–H groups in total. The fourth-order valence-corrected chi connectivity index (χ4v) is 4.96. The van der Waals surface area contributed by atoms with E-state index in [0.29, 0.717) is 37.0 Å². The molecule has 7 nitrogen and oxygen atoms in total. The second-order valence-corrected chi connectivity index (χ2v) is 9.18. The van der Waals surface area contributed by atoms with Crippen molar-refractivity contribution < 1.29 is 23.8 Å². The maximum atomic E-state index is 13.5. The topological polar surface area (TPSA) is 101 Å². The van der Waals surface area contributed by atoms with E-state index in [-0.39, 0.29) is 29.2 Å². The van der Waals surface area contributed by atoms with Crippen LogP contribution in [-0.2, 0) is 4.79 Å². The summed E-state index contributed by atoms with van der Waals surface area (Å²) in [5.74, 6) is -0.992. The van der Waals surface area contributed by atoms with Gasteiger partial charge in [-0.3, -0.25) is 14.6 Å². The normalized spacial score (nSPS) is 27.5. The molecule has 1 unspecified atom stereocenters. The highest BCUT2D eigenvalue weighted by molar-refractivity contribution is 7.11. The van der Waals surface area contributed by atoms with Gasteiger partial charge in [-0.1, -0.05) is 11.6 Å². The fourth-order valence-electron chi connectivity index (χ4n) is 4.32. The number of thiazole rings is 1. The van der Waals surface area contributed by atoms with Crippen LogP contribution in [0.15, 0.2) is 29.9 Å². The third-order valence-electron chi connectivity index (χ3n) is 6.01. The van der Waals surface area contributed by atoms with Gasteiger partial charge in [0.25, 0.3) is 11.8 Å². The minimum atomic E-state index is -0.775. The molecule has 0 radical (unpaired) electrons. The molecule has 3 aliphatic carbocycles. The van der Waals surface area contributed by atoms with E-state index in [1.54, 1.807) is 5.51 Å². The van der Waals surface area contributed by atoms with Gasteiger partial charge >= 0.3 is 0 Å². The lowest BCUT2D eigenvalue weighted by atomic mass is 9.60. The van der Waals surface area contributed by atoms with E-state index in [0.717, 1.165) is 6.07 Å². The van der Waals surface area contributed by atoms with Crippen LogP contribution in [0, 0.1) is 5.82 Å². The fraction of sp³-hybridized carbons (Fsp3) is 0.450. The van der Waals surface area contributed by atoms with Gasteiger partial charge in [-0.15, -0.1) is 11.3 Å². The molecule has 2 aromatic rings. The average molecular weight is 454 g/mol. The Bertz CT molecular complexity index is 948. The summed E-state index contributed by atoms with van der Waals surface area (Å²) in [7, 11) is 0. The number of nitrogens with zero attached hydrogens (tertiary/aromatic N) is 1. The number of halogens is 2. The number of aliphatic hydroxyl groups excluding tert-OH is 1. The van der Waals surface area contributed by atoms with Crippen molar-refractivity contribution in [2.24, 2.45) is 0 Å². The van der Waals surface area contributed by atoms with Crippen LogP contribution in [0.5, 0.6) is 5.75 Å². The SMILES string of the molecule is O=C(COc1ccc(Cl)c(F)c1)NC12CCC(NC(=O)c3cncs3)(CC1)C(O)C2. The zero-order valence-electron chi connectivity index (χ0n) is 16.0. The van der Waals surface area contributed by atoms with Gasteiger partial charge in [0.1, 0.15) is 16.4 Å². The molecule has 5 rings (SSSR count). The first-order valence-corrected chi connectivity index (χ1v) is 10.8. The first-order chi connectivity index (χ1) is 14.3. The van der Waals surface area contributed by atoms with E-state index in [1.165, 1.54) is 29.7 Å². The van der Waals surface area contributed by atoms with Crippen LogP contribution in [0.3, 0.4) is 0 Å². The number of ether oxygens (including phenoxy) is 1. The molecular formula is C20H21ClFN3O4S. The number of carbonyl (C=O) groups excluding carboxylic acids is 2. The monoisotopic (exact) mass is 453 g/mol. The molecule has 1 aromatic carbocycles. The first kappa shape index (κ1) is 21.0. The summed E-state index contributed by atoms with van der Waals surface area (Å²) in [4.78, 5) is 29.3. The number of hydrogen-bond acceptors (Lipinski definition) is 6. The number of nitrogens with one attached hydrogen (secondary N) is 2. The number of aromatic nitrogens is 1. The van der Waals surface area contributed by atoms with Gasteiger partial charge in [0.15, 0.2) is 6.61 Å². The Morgan fingerprint density at radius 3 is 2.70 bits per heavy atom. The van der Waals surface area contributed by atoms with Crippen molar-refractivity contribution in [3.8, 4) is 5.75 Å². The van der Waals surface area contributed by atoms with Crippen molar-refractivity contribution in [3.05, 3.63) is 45.6 Å². The van der Waals surface area contributed by atoms with Crippen molar-refractivity contribution >= 4 is 34.8 Å². The molecule has 1 atom stereocenters. The van der Waals surface area contributed by atoms with Gasteiger partial charge in [-0.05, 0) is 44.2 Å². The molecule has 10 heteroatoms.